The lowest BCUT2D eigenvalue weighted by Crippen LogP contribution is -2.33. The van der Waals surface area contributed by atoms with Crippen LogP contribution in [-0.4, -0.2) is 29.0 Å². The highest BCUT2D eigenvalue weighted by molar-refractivity contribution is 7.89. The maximum Gasteiger partial charge on any atom is 0.329 e. The third-order valence-electron chi connectivity index (χ3n) is 4.01. The Morgan fingerprint density at radius 3 is 2.56 bits per heavy atom. The Bertz CT molecular complexity index is 976. The summed E-state index contributed by atoms with van der Waals surface area (Å²) in [5.74, 6) is 0.576. The second-order valence-corrected chi connectivity index (χ2v) is 8.42. The molecule has 2 heterocycles. The van der Waals surface area contributed by atoms with Crippen LogP contribution < -0.4 is 16.0 Å². The number of nitrogens with zero attached hydrogens (tertiary/aromatic N) is 2. The van der Waals surface area contributed by atoms with Gasteiger partial charge in [0.25, 0.3) is 5.56 Å². The number of sulfonamides is 1. The molecule has 25 heavy (non-hydrogen) atoms. The molecular formula is C16H24N4O4S. The number of rotatable bonds is 7. The first kappa shape index (κ1) is 19.3. The number of nitrogens with one attached hydrogen (secondary N) is 2. The Balaban J connectivity index is 2.28. The maximum atomic E-state index is 12.5. The summed E-state index contributed by atoms with van der Waals surface area (Å²) in [7, 11) is -2.34. The number of hydrogen-bond donors (Lipinski definition) is 2. The van der Waals surface area contributed by atoms with Crippen molar-refractivity contribution in [1.29, 1.82) is 0 Å². The molecule has 0 aliphatic carbocycles. The highest BCUT2D eigenvalue weighted by Crippen LogP contribution is 2.14. The molecule has 8 nitrogen and oxygen atoms in total. The molecule has 0 fully saturated rings. The summed E-state index contributed by atoms with van der Waals surface area (Å²) in [6, 6.07) is 1.02. The third kappa shape index (κ3) is 4.55. The molecule has 1 atom stereocenters. The first-order chi connectivity index (χ1) is 11.6. The highest BCUT2D eigenvalue weighted by Gasteiger charge is 2.19. The van der Waals surface area contributed by atoms with Crippen molar-refractivity contribution in [3.8, 4) is 0 Å². The summed E-state index contributed by atoms with van der Waals surface area (Å²) < 4.78 is 28.8. The van der Waals surface area contributed by atoms with Crippen LogP contribution >= 0.6 is 0 Å². The van der Waals surface area contributed by atoms with E-state index in [2.05, 4.69) is 28.5 Å². The molecular weight excluding hydrogens is 344 g/mol. The van der Waals surface area contributed by atoms with E-state index in [9.17, 15) is 18.0 Å². The Morgan fingerprint density at radius 1 is 1.24 bits per heavy atom. The minimum atomic E-state index is -3.79. The fourth-order valence-electron chi connectivity index (χ4n) is 2.59. The van der Waals surface area contributed by atoms with E-state index in [0.29, 0.717) is 5.92 Å². The van der Waals surface area contributed by atoms with Gasteiger partial charge in [-0.05, 0) is 25.3 Å². The van der Waals surface area contributed by atoms with Crippen LogP contribution in [0.1, 0.15) is 40.0 Å². The number of hydrogen-bond acceptors (Lipinski definition) is 5. The predicted molar refractivity (Wildman–Crippen MR) is 96.1 cm³/mol. The zero-order valence-electron chi connectivity index (χ0n) is 14.9. The van der Waals surface area contributed by atoms with Crippen LogP contribution in [0, 0.1) is 5.92 Å². The van der Waals surface area contributed by atoms with Crippen molar-refractivity contribution >= 4 is 21.1 Å². The fraction of sp³-hybridized carbons (Fsp3) is 0.562. The standard InChI is InChI=1S/C16H24N4O4S/c1-10(2)6-5-7-11(3)19-25(23,24)12-8-13-14(17-9-12)20(4)16(22)18-15(13)21/h8-11,19H,5-7H2,1-4H3,(H,18,21,22). The van der Waals surface area contributed by atoms with E-state index in [4.69, 9.17) is 0 Å². The van der Waals surface area contributed by atoms with E-state index in [0.717, 1.165) is 30.0 Å². The van der Waals surface area contributed by atoms with Crippen LogP contribution in [0.2, 0.25) is 0 Å². The number of aromatic amines is 1. The molecule has 0 aliphatic rings. The van der Waals surface area contributed by atoms with Gasteiger partial charge in [-0.15, -0.1) is 0 Å². The van der Waals surface area contributed by atoms with Crippen LogP contribution in [0.15, 0.2) is 26.7 Å². The molecule has 0 saturated heterocycles. The number of fused-ring (bicyclic) bond motifs is 1. The van der Waals surface area contributed by atoms with Crippen LogP contribution in [0.25, 0.3) is 11.0 Å². The molecule has 0 saturated carbocycles. The molecule has 0 aromatic carbocycles. The van der Waals surface area contributed by atoms with Gasteiger partial charge in [0.2, 0.25) is 10.0 Å². The summed E-state index contributed by atoms with van der Waals surface area (Å²) in [5, 5.41) is 0.0532. The number of aromatic nitrogens is 3. The summed E-state index contributed by atoms with van der Waals surface area (Å²) in [6.45, 7) is 6.06. The molecule has 0 amide bonds. The molecule has 2 rings (SSSR count). The maximum absolute atomic E-state index is 12.5. The van der Waals surface area contributed by atoms with Crippen molar-refractivity contribution in [2.45, 2.75) is 51.0 Å². The van der Waals surface area contributed by atoms with Gasteiger partial charge in [0, 0.05) is 19.3 Å². The lowest BCUT2D eigenvalue weighted by atomic mass is 10.0. The van der Waals surface area contributed by atoms with Gasteiger partial charge in [0.05, 0.1) is 5.39 Å². The van der Waals surface area contributed by atoms with Gasteiger partial charge in [0.15, 0.2) is 0 Å². The summed E-state index contributed by atoms with van der Waals surface area (Å²) in [4.78, 5) is 29.5. The average molecular weight is 368 g/mol. The molecule has 1 unspecified atom stereocenters. The van der Waals surface area contributed by atoms with Crippen LogP contribution in [-0.2, 0) is 17.1 Å². The van der Waals surface area contributed by atoms with Gasteiger partial charge in [-0.2, -0.15) is 0 Å². The van der Waals surface area contributed by atoms with Crippen molar-refractivity contribution in [2.75, 3.05) is 0 Å². The van der Waals surface area contributed by atoms with E-state index in [1.807, 2.05) is 6.92 Å². The van der Waals surface area contributed by atoms with Crippen molar-refractivity contribution in [3.63, 3.8) is 0 Å². The zero-order valence-corrected chi connectivity index (χ0v) is 15.7. The molecule has 9 heteroatoms. The number of H-pyrrole nitrogens is 1. The van der Waals surface area contributed by atoms with E-state index < -0.39 is 21.3 Å². The number of pyridine rings is 1. The zero-order chi connectivity index (χ0) is 18.8. The molecule has 0 aliphatic heterocycles. The topological polar surface area (TPSA) is 114 Å². The second-order valence-electron chi connectivity index (χ2n) is 6.71. The Kier molecular flexibility index (Phi) is 5.79. The van der Waals surface area contributed by atoms with Crippen molar-refractivity contribution < 1.29 is 8.42 Å². The Hall–Kier alpha value is -2.00. The summed E-state index contributed by atoms with van der Waals surface area (Å²) >= 11 is 0. The minimum absolute atomic E-state index is 0.0532. The molecule has 2 aromatic rings. The quantitative estimate of drug-likeness (QED) is 0.760. The minimum Gasteiger partial charge on any atom is -0.281 e. The van der Waals surface area contributed by atoms with Crippen LogP contribution in [0.5, 0.6) is 0 Å². The van der Waals surface area contributed by atoms with E-state index in [1.165, 1.54) is 13.1 Å². The lowest BCUT2D eigenvalue weighted by molar-refractivity contribution is 0.488. The van der Waals surface area contributed by atoms with E-state index in [-0.39, 0.29) is 22.0 Å². The van der Waals surface area contributed by atoms with Gasteiger partial charge in [-0.25, -0.2) is 22.9 Å². The van der Waals surface area contributed by atoms with E-state index >= 15 is 0 Å². The highest BCUT2D eigenvalue weighted by atomic mass is 32.2. The molecule has 0 radical (unpaired) electrons. The Morgan fingerprint density at radius 2 is 1.92 bits per heavy atom. The van der Waals surface area contributed by atoms with Crippen LogP contribution in [0.4, 0.5) is 0 Å². The molecule has 138 valence electrons. The van der Waals surface area contributed by atoms with Gasteiger partial charge < -0.3 is 0 Å². The monoisotopic (exact) mass is 368 g/mol. The lowest BCUT2D eigenvalue weighted by Gasteiger charge is -2.15. The molecule has 0 spiro atoms. The largest absolute Gasteiger partial charge is 0.329 e. The van der Waals surface area contributed by atoms with Crippen molar-refractivity contribution in [2.24, 2.45) is 13.0 Å². The van der Waals surface area contributed by atoms with Crippen molar-refractivity contribution in [3.05, 3.63) is 33.1 Å². The summed E-state index contributed by atoms with van der Waals surface area (Å²) in [6.07, 6.45) is 3.85. The van der Waals surface area contributed by atoms with Gasteiger partial charge >= 0.3 is 5.69 Å². The predicted octanol–water partition coefficient (Wildman–Crippen LogP) is 1.11. The normalized spacial score (nSPS) is 13.5. The van der Waals surface area contributed by atoms with Gasteiger partial charge in [-0.1, -0.05) is 26.7 Å². The molecule has 0 bridgehead atoms. The van der Waals surface area contributed by atoms with Crippen molar-refractivity contribution in [1.82, 2.24) is 19.3 Å². The van der Waals surface area contributed by atoms with Gasteiger partial charge in [0.1, 0.15) is 10.5 Å². The number of aryl methyl sites for hydroxylation is 1. The molecule has 2 N–H and O–H groups in total. The summed E-state index contributed by atoms with van der Waals surface area (Å²) in [5.41, 5.74) is -1.12. The SMILES string of the molecule is CC(C)CCCC(C)NS(=O)(=O)c1cnc2c(c1)c(=O)[nH]c(=O)n2C. The Labute approximate surface area is 146 Å². The fourth-order valence-corrected chi connectivity index (χ4v) is 3.84. The first-order valence-corrected chi connectivity index (χ1v) is 9.71. The van der Waals surface area contributed by atoms with Crippen LogP contribution in [0.3, 0.4) is 0 Å². The third-order valence-corrected chi connectivity index (χ3v) is 5.57. The molecule has 2 aromatic heterocycles. The van der Waals surface area contributed by atoms with E-state index in [1.54, 1.807) is 0 Å². The second kappa shape index (κ2) is 7.49. The van der Waals surface area contributed by atoms with Gasteiger partial charge in [-0.3, -0.25) is 14.3 Å². The average Bonchev–Trinajstić information content (AvgIpc) is 2.51. The first-order valence-electron chi connectivity index (χ1n) is 8.23. The smallest absolute Gasteiger partial charge is 0.281 e.